The van der Waals surface area contributed by atoms with Crippen LogP contribution in [-0.4, -0.2) is 35.2 Å². The fraction of sp³-hybridized carbons (Fsp3) is 0.636. The number of ether oxygens (including phenoxy) is 1. The van der Waals surface area contributed by atoms with E-state index >= 15 is 0 Å². The van der Waals surface area contributed by atoms with E-state index < -0.39 is 10.0 Å². The summed E-state index contributed by atoms with van der Waals surface area (Å²) in [6, 6.07) is 7.15. The molecule has 0 bridgehead atoms. The average Bonchev–Trinajstić information content (AvgIpc) is 3.27. The number of benzene rings is 1. The molecule has 0 radical (unpaired) electrons. The molecule has 0 amide bonds. The minimum absolute atomic E-state index is 0.135. The third-order valence-electron chi connectivity index (χ3n) is 6.29. The summed E-state index contributed by atoms with van der Waals surface area (Å²) in [6.45, 7) is 1.14. The van der Waals surface area contributed by atoms with Gasteiger partial charge in [-0.05, 0) is 49.3 Å². The van der Waals surface area contributed by atoms with Crippen LogP contribution in [0.2, 0.25) is 0 Å². The molecular formula is C22H32N4O4S. The molecule has 0 spiro atoms. The fourth-order valence-corrected chi connectivity index (χ4v) is 6.69. The molecule has 2 heterocycles. The first-order chi connectivity index (χ1) is 15.0. The molecule has 1 atom stereocenters. The summed E-state index contributed by atoms with van der Waals surface area (Å²) in [5, 5.41) is 4.10. The molecule has 4 rings (SSSR count). The Morgan fingerprint density at radius 1 is 1.06 bits per heavy atom. The van der Waals surface area contributed by atoms with Crippen LogP contribution in [0.4, 0.5) is 0 Å². The minimum Gasteiger partial charge on any atom is -0.484 e. The molecule has 0 unspecified atom stereocenters. The fourth-order valence-electron chi connectivity index (χ4n) is 4.57. The van der Waals surface area contributed by atoms with E-state index in [0.29, 0.717) is 37.0 Å². The highest BCUT2D eigenvalue weighted by atomic mass is 32.2. The summed E-state index contributed by atoms with van der Waals surface area (Å²) < 4.78 is 39.1. The summed E-state index contributed by atoms with van der Waals surface area (Å²) in [7, 11) is -3.36. The van der Waals surface area contributed by atoms with Gasteiger partial charge < -0.3 is 15.0 Å². The van der Waals surface area contributed by atoms with E-state index in [1.165, 1.54) is 6.42 Å². The van der Waals surface area contributed by atoms with E-state index in [0.717, 1.165) is 44.1 Å². The number of nitrogens with two attached hydrogens (primary N) is 1. The second-order valence-electron chi connectivity index (χ2n) is 8.59. The van der Waals surface area contributed by atoms with Crippen LogP contribution in [0.5, 0.6) is 5.75 Å². The zero-order valence-corrected chi connectivity index (χ0v) is 18.7. The first kappa shape index (κ1) is 22.2. The number of piperidine rings is 1. The van der Waals surface area contributed by atoms with Crippen LogP contribution in [0.25, 0.3) is 0 Å². The van der Waals surface area contributed by atoms with Gasteiger partial charge in [0.25, 0.3) is 5.89 Å². The third-order valence-corrected chi connectivity index (χ3v) is 8.33. The van der Waals surface area contributed by atoms with E-state index in [9.17, 15) is 8.42 Å². The molecule has 8 nitrogen and oxygen atoms in total. The largest absolute Gasteiger partial charge is 0.484 e. The number of nitrogens with zero attached hydrogens (tertiary/aromatic N) is 3. The molecule has 2 N–H and O–H groups in total. The van der Waals surface area contributed by atoms with Crippen molar-refractivity contribution in [1.29, 1.82) is 0 Å². The van der Waals surface area contributed by atoms with Crippen molar-refractivity contribution in [2.75, 3.05) is 12.3 Å². The van der Waals surface area contributed by atoms with Crippen LogP contribution < -0.4 is 10.5 Å². The van der Waals surface area contributed by atoms with E-state index in [1.807, 2.05) is 24.3 Å². The minimum atomic E-state index is -3.36. The van der Waals surface area contributed by atoms with E-state index in [-0.39, 0.29) is 24.3 Å². The quantitative estimate of drug-likeness (QED) is 0.657. The second-order valence-corrected chi connectivity index (χ2v) is 10.6. The van der Waals surface area contributed by atoms with E-state index in [4.69, 9.17) is 15.0 Å². The van der Waals surface area contributed by atoms with Crippen molar-refractivity contribution in [3.63, 3.8) is 0 Å². The molecular weight excluding hydrogens is 416 g/mol. The molecule has 2 fully saturated rings. The molecule has 2 aliphatic rings. The first-order valence-corrected chi connectivity index (χ1v) is 12.9. The highest BCUT2D eigenvalue weighted by molar-refractivity contribution is 7.89. The van der Waals surface area contributed by atoms with E-state index in [1.54, 1.807) is 4.31 Å². The Labute approximate surface area is 184 Å². The van der Waals surface area contributed by atoms with Gasteiger partial charge in [-0.15, -0.1) is 0 Å². The highest BCUT2D eigenvalue weighted by Gasteiger charge is 2.37. The van der Waals surface area contributed by atoms with Gasteiger partial charge in [-0.3, -0.25) is 0 Å². The maximum Gasteiger partial charge on any atom is 0.264 e. The first-order valence-electron chi connectivity index (χ1n) is 11.3. The molecule has 1 aliphatic carbocycles. The van der Waals surface area contributed by atoms with Crippen LogP contribution in [-0.2, 0) is 23.2 Å². The van der Waals surface area contributed by atoms with E-state index in [2.05, 4.69) is 10.1 Å². The number of hydrogen-bond acceptors (Lipinski definition) is 7. The van der Waals surface area contributed by atoms with Crippen molar-refractivity contribution < 1.29 is 17.7 Å². The Balaban J connectivity index is 1.41. The molecule has 1 aliphatic heterocycles. The topological polar surface area (TPSA) is 112 Å². The van der Waals surface area contributed by atoms with Crippen molar-refractivity contribution in [3.05, 3.63) is 41.5 Å². The number of hydrogen-bond donors (Lipinski definition) is 1. The Bertz CT molecular complexity index is 939. The van der Waals surface area contributed by atoms with Crippen molar-refractivity contribution in [2.24, 2.45) is 11.7 Å². The lowest BCUT2D eigenvalue weighted by Crippen LogP contribution is -2.41. The lowest BCUT2D eigenvalue weighted by atomic mass is 9.91. The summed E-state index contributed by atoms with van der Waals surface area (Å²) in [5.74, 6) is 1.96. The lowest BCUT2D eigenvalue weighted by Gasteiger charge is -2.34. The van der Waals surface area contributed by atoms with Crippen molar-refractivity contribution in [3.8, 4) is 5.75 Å². The van der Waals surface area contributed by atoms with Crippen molar-refractivity contribution in [1.82, 2.24) is 14.4 Å². The molecule has 2 aromatic rings. The maximum absolute atomic E-state index is 13.2. The SMILES string of the molecule is NCc1ccc(OCc2nc([C@@H]3CCCCN3S(=O)(=O)CC3CCCCC3)no2)cc1. The number of sulfonamides is 1. The predicted octanol–water partition coefficient (Wildman–Crippen LogP) is 3.54. The predicted molar refractivity (Wildman–Crippen MR) is 117 cm³/mol. The van der Waals surface area contributed by atoms with Gasteiger partial charge in [-0.2, -0.15) is 9.29 Å². The van der Waals surface area contributed by atoms with Crippen molar-refractivity contribution >= 4 is 10.0 Å². The van der Waals surface area contributed by atoms with Gasteiger partial charge in [0.2, 0.25) is 10.0 Å². The monoisotopic (exact) mass is 448 g/mol. The summed E-state index contributed by atoms with van der Waals surface area (Å²) in [6.07, 6.45) is 8.03. The Kier molecular flexibility index (Phi) is 7.24. The maximum atomic E-state index is 13.2. The van der Waals surface area contributed by atoms with Gasteiger partial charge >= 0.3 is 0 Å². The van der Waals surface area contributed by atoms with Gasteiger partial charge in [0.05, 0.1) is 11.8 Å². The van der Waals surface area contributed by atoms with Crippen LogP contribution >= 0.6 is 0 Å². The van der Waals surface area contributed by atoms with Gasteiger partial charge in [0.15, 0.2) is 12.4 Å². The molecule has 1 aromatic carbocycles. The van der Waals surface area contributed by atoms with Gasteiger partial charge in [0, 0.05) is 13.1 Å². The lowest BCUT2D eigenvalue weighted by molar-refractivity contribution is 0.230. The molecule has 31 heavy (non-hydrogen) atoms. The van der Waals surface area contributed by atoms with Crippen LogP contribution in [0, 0.1) is 5.92 Å². The van der Waals surface area contributed by atoms with Gasteiger partial charge in [-0.1, -0.05) is 43.0 Å². The summed E-state index contributed by atoms with van der Waals surface area (Å²) >= 11 is 0. The second kappa shape index (κ2) is 10.1. The molecule has 9 heteroatoms. The van der Waals surface area contributed by atoms with Gasteiger partial charge in [-0.25, -0.2) is 8.42 Å². The Morgan fingerprint density at radius 2 is 1.81 bits per heavy atom. The van der Waals surface area contributed by atoms with Crippen LogP contribution in [0.15, 0.2) is 28.8 Å². The summed E-state index contributed by atoms with van der Waals surface area (Å²) in [4.78, 5) is 4.46. The molecule has 1 saturated carbocycles. The molecule has 1 saturated heterocycles. The standard InChI is InChI=1S/C22H32N4O4S/c23-14-17-9-11-19(12-10-17)29-15-21-24-22(25-30-21)20-8-4-5-13-26(20)31(27,28)16-18-6-2-1-3-7-18/h9-12,18,20H,1-8,13-16,23H2/t20-/m0/s1. The van der Waals surface area contributed by atoms with Crippen LogP contribution in [0.1, 0.15) is 74.7 Å². The van der Waals surface area contributed by atoms with Gasteiger partial charge in [0.1, 0.15) is 5.75 Å². The van der Waals surface area contributed by atoms with Crippen molar-refractivity contribution in [2.45, 2.75) is 70.6 Å². The molecule has 170 valence electrons. The highest BCUT2D eigenvalue weighted by Crippen LogP contribution is 2.34. The molecule has 1 aromatic heterocycles. The average molecular weight is 449 g/mol. The zero-order chi connectivity index (χ0) is 21.7. The normalized spacial score (nSPS) is 21.3. The van der Waals surface area contributed by atoms with Crippen LogP contribution in [0.3, 0.4) is 0 Å². The number of aromatic nitrogens is 2. The smallest absolute Gasteiger partial charge is 0.264 e. The Hall–Kier alpha value is -1.97. The number of rotatable bonds is 8. The zero-order valence-electron chi connectivity index (χ0n) is 17.9. The Morgan fingerprint density at radius 3 is 2.55 bits per heavy atom. The third kappa shape index (κ3) is 5.64. The summed E-state index contributed by atoms with van der Waals surface area (Å²) in [5.41, 5.74) is 6.64.